The second kappa shape index (κ2) is 8.80. The fraction of sp³-hybridized carbons (Fsp3) is 0.250. The van der Waals surface area contributed by atoms with Gasteiger partial charge in [0.1, 0.15) is 0 Å². The third-order valence-electron chi connectivity index (χ3n) is 3.94. The van der Waals surface area contributed by atoms with Gasteiger partial charge in [-0.05, 0) is 54.8 Å². The van der Waals surface area contributed by atoms with Crippen molar-refractivity contribution in [3.05, 3.63) is 64.7 Å². The molecule has 2 rings (SSSR count). The van der Waals surface area contributed by atoms with Gasteiger partial charge in [0, 0.05) is 18.3 Å². The Balaban J connectivity index is 1.81. The van der Waals surface area contributed by atoms with Crippen LogP contribution >= 0.6 is 0 Å². The van der Waals surface area contributed by atoms with Gasteiger partial charge in [-0.2, -0.15) is 0 Å². The summed E-state index contributed by atoms with van der Waals surface area (Å²) in [4.78, 5) is 35.2. The molecule has 0 unspecified atom stereocenters. The number of hydrogen-bond acceptors (Lipinski definition) is 4. The van der Waals surface area contributed by atoms with E-state index < -0.39 is 11.9 Å². The highest BCUT2D eigenvalue weighted by molar-refractivity contribution is 5.96. The largest absolute Gasteiger partial charge is 0.455 e. The van der Waals surface area contributed by atoms with E-state index in [0.29, 0.717) is 11.3 Å². The number of hydrogen-bond donors (Lipinski definition) is 2. The summed E-state index contributed by atoms with van der Waals surface area (Å²) in [5.74, 6) is -1.10. The normalized spacial score (nSPS) is 10.1. The van der Waals surface area contributed by atoms with Crippen molar-refractivity contribution >= 4 is 23.5 Å². The Morgan fingerprint density at radius 1 is 0.962 bits per heavy atom. The van der Waals surface area contributed by atoms with Crippen LogP contribution in [-0.2, 0) is 20.7 Å². The Morgan fingerprint density at radius 2 is 1.65 bits per heavy atom. The van der Waals surface area contributed by atoms with E-state index in [9.17, 15) is 14.4 Å². The van der Waals surface area contributed by atoms with Gasteiger partial charge in [0.2, 0.25) is 0 Å². The molecule has 2 N–H and O–H groups in total. The van der Waals surface area contributed by atoms with Crippen LogP contribution in [0.4, 0.5) is 5.69 Å². The number of anilines is 1. The Kier molecular flexibility index (Phi) is 6.49. The maximum Gasteiger partial charge on any atom is 0.310 e. The van der Waals surface area contributed by atoms with E-state index in [1.165, 1.54) is 0 Å². The zero-order valence-electron chi connectivity index (χ0n) is 15.1. The van der Waals surface area contributed by atoms with Crippen molar-refractivity contribution < 1.29 is 19.1 Å². The molecule has 0 aromatic heterocycles. The monoisotopic (exact) mass is 354 g/mol. The first-order valence-electron chi connectivity index (χ1n) is 8.23. The highest BCUT2D eigenvalue weighted by Gasteiger charge is 2.10. The Morgan fingerprint density at radius 3 is 2.27 bits per heavy atom. The lowest BCUT2D eigenvalue weighted by Gasteiger charge is -2.08. The molecule has 6 heteroatoms. The standard InChI is InChI=1S/C20H22N2O4/c1-13-4-5-15(10-14(13)2)11-19(24)26-12-18(23)22-17-8-6-16(7-9-17)20(25)21-3/h4-10H,11-12H2,1-3H3,(H,21,25)(H,22,23). The van der Waals surface area contributed by atoms with Crippen LogP contribution in [0, 0.1) is 13.8 Å². The van der Waals surface area contributed by atoms with Crippen LogP contribution in [0.15, 0.2) is 42.5 Å². The number of esters is 1. The van der Waals surface area contributed by atoms with Crippen LogP contribution in [0.3, 0.4) is 0 Å². The SMILES string of the molecule is CNC(=O)c1ccc(NC(=O)COC(=O)Cc2ccc(C)c(C)c2)cc1. The van der Waals surface area contributed by atoms with Gasteiger partial charge in [-0.3, -0.25) is 14.4 Å². The van der Waals surface area contributed by atoms with Gasteiger partial charge in [0.25, 0.3) is 11.8 Å². The molecule has 0 saturated heterocycles. The molecular weight excluding hydrogens is 332 g/mol. The molecule has 0 aliphatic heterocycles. The first-order valence-corrected chi connectivity index (χ1v) is 8.23. The molecule has 0 aliphatic rings. The van der Waals surface area contributed by atoms with Gasteiger partial charge in [-0.1, -0.05) is 18.2 Å². The summed E-state index contributed by atoms with van der Waals surface area (Å²) >= 11 is 0. The van der Waals surface area contributed by atoms with Crippen molar-refractivity contribution in [3.63, 3.8) is 0 Å². The summed E-state index contributed by atoms with van der Waals surface area (Å²) in [7, 11) is 1.55. The summed E-state index contributed by atoms with van der Waals surface area (Å²) in [5, 5.41) is 5.13. The minimum absolute atomic E-state index is 0.120. The number of carbonyl (C=O) groups is 3. The average molecular weight is 354 g/mol. The predicted octanol–water partition coefficient (Wildman–Crippen LogP) is 2.39. The maximum absolute atomic E-state index is 11.9. The maximum atomic E-state index is 11.9. The van der Waals surface area contributed by atoms with Crippen LogP contribution in [0.25, 0.3) is 0 Å². The number of benzene rings is 2. The van der Waals surface area contributed by atoms with E-state index in [1.807, 2.05) is 32.0 Å². The quantitative estimate of drug-likeness (QED) is 0.780. The second-order valence-electron chi connectivity index (χ2n) is 5.96. The summed E-state index contributed by atoms with van der Waals surface area (Å²) in [6, 6.07) is 12.2. The molecule has 2 aromatic rings. The van der Waals surface area contributed by atoms with E-state index in [0.717, 1.165) is 16.7 Å². The molecule has 0 aliphatic carbocycles. The topological polar surface area (TPSA) is 84.5 Å². The van der Waals surface area contributed by atoms with Crippen LogP contribution < -0.4 is 10.6 Å². The molecule has 0 fully saturated rings. The average Bonchev–Trinajstić information content (AvgIpc) is 2.63. The van der Waals surface area contributed by atoms with Crippen LogP contribution in [0.2, 0.25) is 0 Å². The predicted molar refractivity (Wildman–Crippen MR) is 99.0 cm³/mol. The lowest BCUT2D eigenvalue weighted by Crippen LogP contribution is -2.22. The Hall–Kier alpha value is -3.15. The molecular formula is C20H22N2O4. The number of aryl methyl sites for hydroxylation is 2. The molecule has 0 spiro atoms. The van der Waals surface area contributed by atoms with Gasteiger partial charge in [-0.25, -0.2) is 0 Å². The molecule has 0 atom stereocenters. The smallest absolute Gasteiger partial charge is 0.310 e. The zero-order chi connectivity index (χ0) is 19.1. The van der Waals surface area contributed by atoms with Gasteiger partial charge in [0.05, 0.1) is 6.42 Å². The van der Waals surface area contributed by atoms with Crippen LogP contribution in [0.5, 0.6) is 0 Å². The van der Waals surface area contributed by atoms with Crippen molar-refractivity contribution in [2.75, 3.05) is 19.0 Å². The van der Waals surface area contributed by atoms with Crippen molar-refractivity contribution in [3.8, 4) is 0 Å². The number of amides is 2. The van der Waals surface area contributed by atoms with Gasteiger partial charge < -0.3 is 15.4 Å². The number of nitrogens with one attached hydrogen (secondary N) is 2. The lowest BCUT2D eigenvalue weighted by atomic mass is 10.0. The van der Waals surface area contributed by atoms with Crippen molar-refractivity contribution in [2.24, 2.45) is 0 Å². The third kappa shape index (κ3) is 5.44. The molecule has 2 amide bonds. The number of rotatable bonds is 6. The lowest BCUT2D eigenvalue weighted by molar-refractivity contribution is -0.146. The minimum Gasteiger partial charge on any atom is -0.455 e. The van der Waals surface area contributed by atoms with Crippen molar-refractivity contribution in [1.82, 2.24) is 5.32 Å². The summed E-state index contributed by atoms with van der Waals surface area (Å²) in [5.41, 5.74) is 4.12. The molecule has 0 heterocycles. The summed E-state index contributed by atoms with van der Waals surface area (Å²) in [6.45, 7) is 3.62. The van der Waals surface area contributed by atoms with Crippen molar-refractivity contribution in [1.29, 1.82) is 0 Å². The first kappa shape index (κ1) is 19.2. The molecule has 0 bridgehead atoms. The minimum atomic E-state index is -0.460. The van der Waals surface area contributed by atoms with E-state index in [-0.39, 0.29) is 18.9 Å². The highest BCUT2D eigenvalue weighted by Crippen LogP contribution is 2.11. The molecule has 2 aromatic carbocycles. The fourth-order valence-electron chi connectivity index (χ4n) is 2.32. The van der Waals surface area contributed by atoms with E-state index >= 15 is 0 Å². The van der Waals surface area contributed by atoms with Crippen LogP contribution in [-0.4, -0.2) is 31.4 Å². The molecule has 0 saturated carbocycles. The summed E-state index contributed by atoms with van der Waals surface area (Å²) < 4.78 is 5.01. The number of ether oxygens (including phenoxy) is 1. The van der Waals surface area contributed by atoms with Gasteiger partial charge >= 0.3 is 5.97 Å². The Labute approximate surface area is 152 Å². The Bertz CT molecular complexity index is 813. The zero-order valence-corrected chi connectivity index (χ0v) is 15.1. The molecule has 26 heavy (non-hydrogen) atoms. The van der Waals surface area contributed by atoms with E-state index in [2.05, 4.69) is 10.6 Å². The van der Waals surface area contributed by atoms with Gasteiger partial charge in [0.15, 0.2) is 6.61 Å². The van der Waals surface area contributed by atoms with Gasteiger partial charge in [-0.15, -0.1) is 0 Å². The highest BCUT2D eigenvalue weighted by atomic mass is 16.5. The first-order chi connectivity index (χ1) is 12.4. The summed E-state index contributed by atoms with van der Waals surface area (Å²) in [6.07, 6.45) is 0.120. The molecule has 0 radical (unpaired) electrons. The van der Waals surface area contributed by atoms with E-state index in [1.54, 1.807) is 31.3 Å². The molecule has 136 valence electrons. The van der Waals surface area contributed by atoms with E-state index in [4.69, 9.17) is 4.74 Å². The number of carbonyl (C=O) groups excluding carboxylic acids is 3. The third-order valence-corrected chi connectivity index (χ3v) is 3.94. The van der Waals surface area contributed by atoms with Crippen molar-refractivity contribution in [2.45, 2.75) is 20.3 Å². The van der Waals surface area contributed by atoms with Crippen LogP contribution in [0.1, 0.15) is 27.0 Å². The second-order valence-corrected chi connectivity index (χ2v) is 5.96. The fourth-order valence-corrected chi connectivity index (χ4v) is 2.32. The molecule has 6 nitrogen and oxygen atoms in total.